The molecule has 1 atom stereocenters. The van der Waals surface area contributed by atoms with Crippen LogP contribution in [0.3, 0.4) is 0 Å². The van der Waals surface area contributed by atoms with Gasteiger partial charge in [-0.25, -0.2) is 0 Å². The quantitative estimate of drug-likeness (QED) is 0.363. The number of rotatable bonds is 9. The third-order valence-corrected chi connectivity index (χ3v) is 6.36. The van der Waals surface area contributed by atoms with Crippen LogP contribution >= 0.6 is 11.8 Å². The molecule has 1 amide bonds. The van der Waals surface area contributed by atoms with Crippen molar-refractivity contribution in [1.82, 2.24) is 20.1 Å². The van der Waals surface area contributed by atoms with E-state index in [1.165, 1.54) is 11.8 Å². The minimum atomic E-state index is -0.347. The van der Waals surface area contributed by atoms with Crippen molar-refractivity contribution in [3.05, 3.63) is 83.8 Å². The second-order valence-corrected chi connectivity index (χ2v) is 8.90. The number of amides is 1. The van der Waals surface area contributed by atoms with Gasteiger partial charge in [-0.2, -0.15) is 0 Å². The Hall–Kier alpha value is -3.52. The molecule has 4 rings (SSSR count). The minimum absolute atomic E-state index is 0.0638. The van der Waals surface area contributed by atoms with Crippen LogP contribution in [-0.4, -0.2) is 33.0 Å². The standard InChI is InChI=1S/C25H26N4O3S/c1-17-22(13-14-32-17)23-27-28-25(29(23)16-20-7-5-4-6-8-20)33-18(2)24(30)26-15-19-9-11-21(31-3)12-10-19/h4-14,18H,15-16H2,1-3H3,(H,26,30). The number of nitrogens with zero attached hydrogens (tertiary/aromatic N) is 3. The van der Waals surface area contributed by atoms with Gasteiger partial charge in [-0.3, -0.25) is 9.36 Å². The summed E-state index contributed by atoms with van der Waals surface area (Å²) in [5.74, 6) is 2.22. The fourth-order valence-corrected chi connectivity index (χ4v) is 4.26. The number of benzene rings is 2. The van der Waals surface area contributed by atoms with Gasteiger partial charge in [0.1, 0.15) is 11.5 Å². The zero-order valence-electron chi connectivity index (χ0n) is 18.8. The van der Waals surface area contributed by atoms with Crippen LogP contribution in [0.4, 0.5) is 0 Å². The number of aromatic nitrogens is 3. The molecule has 8 heteroatoms. The number of carbonyl (C=O) groups excluding carboxylic acids is 1. The Balaban J connectivity index is 1.49. The van der Waals surface area contributed by atoms with E-state index in [0.29, 0.717) is 18.2 Å². The van der Waals surface area contributed by atoms with Gasteiger partial charge in [0.2, 0.25) is 5.91 Å². The van der Waals surface area contributed by atoms with E-state index in [-0.39, 0.29) is 11.2 Å². The lowest BCUT2D eigenvalue weighted by Crippen LogP contribution is -2.30. The molecule has 33 heavy (non-hydrogen) atoms. The smallest absolute Gasteiger partial charge is 0.233 e. The van der Waals surface area contributed by atoms with Crippen LogP contribution in [0.1, 0.15) is 23.8 Å². The van der Waals surface area contributed by atoms with E-state index in [0.717, 1.165) is 34.0 Å². The molecule has 0 fully saturated rings. The fourth-order valence-electron chi connectivity index (χ4n) is 3.39. The van der Waals surface area contributed by atoms with E-state index in [4.69, 9.17) is 9.15 Å². The number of furan rings is 1. The molecule has 4 aromatic rings. The van der Waals surface area contributed by atoms with Crippen molar-refractivity contribution < 1.29 is 13.9 Å². The number of thioether (sulfide) groups is 1. The minimum Gasteiger partial charge on any atom is -0.497 e. The molecule has 2 aromatic heterocycles. The van der Waals surface area contributed by atoms with E-state index >= 15 is 0 Å². The highest BCUT2D eigenvalue weighted by molar-refractivity contribution is 8.00. The molecule has 170 valence electrons. The van der Waals surface area contributed by atoms with Crippen LogP contribution < -0.4 is 10.1 Å². The van der Waals surface area contributed by atoms with E-state index in [9.17, 15) is 4.79 Å². The van der Waals surface area contributed by atoms with Gasteiger partial charge >= 0.3 is 0 Å². The molecule has 2 heterocycles. The van der Waals surface area contributed by atoms with Gasteiger partial charge in [-0.15, -0.1) is 10.2 Å². The van der Waals surface area contributed by atoms with E-state index < -0.39 is 0 Å². The van der Waals surface area contributed by atoms with Crippen LogP contribution in [0, 0.1) is 6.92 Å². The summed E-state index contributed by atoms with van der Waals surface area (Å²) in [6, 6.07) is 19.6. The summed E-state index contributed by atoms with van der Waals surface area (Å²) in [6.07, 6.45) is 1.65. The third-order valence-electron chi connectivity index (χ3n) is 5.28. The van der Waals surface area contributed by atoms with Gasteiger partial charge < -0.3 is 14.5 Å². The van der Waals surface area contributed by atoms with Crippen molar-refractivity contribution in [2.45, 2.75) is 37.3 Å². The molecule has 2 aromatic carbocycles. The van der Waals surface area contributed by atoms with Crippen LogP contribution in [0.15, 0.2) is 76.5 Å². The lowest BCUT2D eigenvalue weighted by atomic mass is 10.2. The number of hydrogen-bond acceptors (Lipinski definition) is 6. The summed E-state index contributed by atoms with van der Waals surface area (Å²) in [5, 5.41) is 12.2. The lowest BCUT2D eigenvalue weighted by molar-refractivity contribution is -0.120. The van der Waals surface area contributed by atoms with Gasteiger partial charge in [0, 0.05) is 6.54 Å². The highest BCUT2D eigenvalue weighted by Gasteiger charge is 2.22. The summed E-state index contributed by atoms with van der Waals surface area (Å²) in [6.45, 7) is 4.82. The molecule has 1 N–H and O–H groups in total. The molecule has 7 nitrogen and oxygen atoms in total. The van der Waals surface area contributed by atoms with Crippen molar-refractivity contribution in [1.29, 1.82) is 0 Å². The summed E-state index contributed by atoms with van der Waals surface area (Å²) in [5.41, 5.74) is 3.02. The first-order valence-corrected chi connectivity index (χ1v) is 11.5. The zero-order chi connectivity index (χ0) is 23.2. The Labute approximate surface area is 197 Å². The molecule has 0 saturated carbocycles. The topological polar surface area (TPSA) is 82.2 Å². The first kappa shape index (κ1) is 22.7. The van der Waals surface area contributed by atoms with Crippen LogP contribution in [0.25, 0.3) is 11.4 Å². The summed E-state index contributed by atoms with van der Waals surface area (Å²) >= 11 is 1.39. The molecule has 0 bridgehead atoms. The normalized spacial score (nSPS) is 11.8. The average Bonchev–Trinajstić information content (AvgIpc) is 3.44. The van der Waals surface area contributed by atoms with Crippen molar-refractivity contribution in [3.63, 3.8) is 0 Å². The predicted octanol–water partition coefficient (Wildman–Crippen LogP) is 4.70. The molecular formula is C25H26N4O3S. The van der Waals surface area contributed by atoms with Gasteiger partial charge in [0.25, 0.3) is 0 Å². The summed E-state index contributed by atoms with van der Waals surface area (Å²) in [4.78, 5) is 12.8. The molecule has 0 aliphatic heterocycles. The van der Waals surface area contributed by atoms with Crippen molar-refractivity contribution in [2.24, 2.45) is 0 Å². The Bertz CT molecular complexity index is 1200. The molecule has 0 aliphatic rings. The number of carbonyl (C=O) groups is 1. The van der Waals surface area contributed by atoms with Crippen molar-refractivity contribution in [3.8, 4) is 17.1 Å². The first-order valence-electron chi connectivity index (χ1n) is 10.6. The monoisotopic (exact) mass is 462 g/mol. The van der Waals surface area contributed by atoms with Crippen LogP contribution in [0.2, 0.25) is 0 Å². The Kier molecular flexibility index (Phi) is 7.14. The maximum absolute atomic E-state index is 12.8. The molecule has 0 aliphatic carbocycles. The number of hydrogen-bond donors (Lipinski definition) is 1. The van der Waals surface area contributed by atoms with Crippen molar-refractivity contribution >= 4 is 17.7 Å². The Morgan fingerprint density at radius 2 is 1.85 bits per heavy atom. The maximum Gasteiger partial charge on any atom is 0.233 e. The first-order chi connectivity index (χ1) is 16.0. The van der Waals surface area contributed by atoms with E-state index in [1.54, 1.807) is 13.4 Å². The lowest BCUT2D eigenvalue weighted by Gasteiger charge is -2.14. The zero-order valence-corrected chi connectivity index (χ0v) is 19.6. The largest absolute Gasteiger partial charge is 0.497 e. The number of nitrogens with one attached hydrogen (secondary N) is 1. The molecule has 0 spiro atoms. The number of aryl methyl sites for hydroxylation is 1. The van der Waals surface area contributed by atoms with Gasteiger partial charge in [-0.05, 0) is 43.2 Å². The van der Waals surface area contributed by atoms with Gasteiger partial charge in [-0.1, -0.05) is 54.2 Å². The van der Waals surface area contributed by atoms with Crippen LogP contribution in [0.5, 0.6) is 5.75 Å². The molecular weight excluding hydrogens is 436 g/mol. The maximum atomic E-state index is 12.8. The second-order valence-electron chi connectivity index (χ2n) is 7.59. The highest BCUT2D eigenvalue weighted by atomic mass is 32.2. The Morgan fingerprint density at radius 3 is 2.52 bits per heavy atom. The predicted molar refractivity (Wildman–Crippen MR) is 128 cm³/mol. The van der Waals surface area contributed by atoms with Crippen LogP contribution in [-0.2, 0) is 17.9 Å². The van der Waals surface area contributed by atoms with E-state index in [2.05, 4.69) is 27.6 Å². The molecule has 0 saturated heterocycles. The van der Waals surface area contributed by atoms with Crippen molar-refractivity contribution in [2.75, 3.05) is 7.11 Å². The molecule has 1 unspecified atom stereocenters. The van der Waals surface area contributed by atoms with Gasteiger partial charge in [0.15, 0.2) is 11.0 Å². The highest BCUT2D eigenvalue weighted by Crippen LogP contribution is 2.30. The summed E-state index contributed by atoms with van der Waals surface area (Å²) in [7, 11) is 1.63. The number of ether oxygens (including phenoxy) is 1. The number of methoxy groups -OCH3 is 1. The summed E-state index contributed by atoms with van der Waals surface area (Å²) < 4.78 is 12.7. The third kappa shape index (κ3) is 5.46. The fraction of sp³-hybridized carbons (Fsp3) is 0.240. The van der Waals surface area contributed by atoms with E-state index in [1.807, 2.05) is 66.9 Å². The van der Waals surface area contributed by atoms with Gasteiger partial charge in [0.05, 0.1) is 30.7 Å². The SMILES string of the molecule is COc1ccc(CNC(=O)C(C)Sc2nnc(-c3ccoc3C)n2Cc2ccccc2)cc1. The average molecular weight is 463 g/mol. The second kappa shape index (κ2) is 10.4. The Morgan fingerprint density at radius 1 is 1.09 bits per heavy atom. The molecule has 0 radical (unpaired) electrons.